The van der Waals surface area contributed by atoms with Crippen LogP contribution in [0.15, 0.2) is 66.7 Å². The molecule has 0 bridgehead atoms. The Morgan fingerprint density at radius 2 is 1.73 bits per heavy atom. The van der Waals surface area contributed by atoms with Gasteiger partial charge in [-0.05, 0) is 23.3 Å². The molecule has 0 N–H and O–H groups in total. The Labute approximate surface area is 185 Å². The number of hydrogen-bond acceptors (Lipinski definition) is 3. The summed E-state index contributed by atoms with van der Waals surface area (Å²) in [6.45, 7) is 0.656. The number of benzene rings is 3. The lowest BCUT2D eigenvalue weighted by Crippen LogP contribution is -2.36. The first kappa shape index (κ1) is 20.6. The third-order valence-corrected chi connectivity index (χ3v) is 5.69. The smallest absolute Gasteiger partial charge is 0.409 e. The van der Waals surface area contributed by atoms with Crippen LogP contribution < -0.4 is 4.74 Å². The fourth-order valence-electron chi connectivity index (χ4n) is 3.60. The zero-order valence-corrected chi connectivity index (χ0v) is 18.0. The zero-order valence-electron chi connectivity index (χ0n) is 16.5. The molecule has 1 aliphatic rings. The van der Waals surface area contributed by atoms with Crippen LogP contribution in [-0.4, -0.2) is 30.7 Å². The fraction of sp³-hybridized carbons (Fsp3) is 0.208. The molecule has 6 heteroatoms. The van der Waals surface area contributed by atoms with Gasteiger partial charge in [0.1, 0.15) is 18.5 Å². The van der Waals surface area contributed by atoms with Crippen molar-refractivity contribution in [3.05, 3.63) is 87.9 Å². The number of fused-ring (bicyclic) bond motifs is 1. The molecule has 0 saturated heterocycles. The molecule has 0 spiro atoms. The van der Waals surface area contributed by atoms with Crippen LogP contribution in [0, 0.1) is 0 Å². The van der Waals surface area contributed by atoms with E-state index in [1.807, 2.05) is 66.7 Å². The number of halogens is 2. The highest BCUT2D eigenvalue weighted by molar-refractivity contribution is 6.39. The molecule has 154 valence electrons. The second kappa shape index (κ2) is 8.99. The first-order valence-electron chi connectivity index (χ1n) is 9.67. The average molecular weight is 442 g/mol. The Balaban J connectivity index is 1.43. The number of carbonyl (C=O) groups is 1. The van der Waals surface area contributed by atoms with Gasteiger partial charge in [0.05, 0.1) is 16.6 Å². The normalized spacial score (nSPS) is 14.7. The second-order valence-corrected chi connectivity index (χ2v) is 8.07. The van der Waals surface area contributed by atoms with E-state index in [-0.39, 0.29) is 18.8 Å². The molecule has 4 nitrogen and oxygen atoms in total. The molecular formula is C24H21Cl2NO3. The van der Waals surface area contributed by atoms with E-state index in [0.717, 1.165) is 28.0 Å². The predicted octanol–water partition coefficient (Wildman–Crippen LogP) is 6.23. The number of amides is 1. The van der Waals surface area contributed by atoms with Crippen LogP contribution in [0.25, 0.3) is 11.1 Å². The van der Waals surface area contributed by atoms with Gasteiger partial charge < -0.3 is 14.4 Å². The van der Waals surface area contributed by atoms with Crippen LogP contribution in [0.1, 0.15) is 11.1 Å². The van der Waals surface area contributed by atoms with Gasteiger partial charge in [0.15, 0.2) is 0 Å². The topological polar surface area (TPSA) is 38.8 Å². The van der Waals surface area contributed by atoms with Crippen molar-refractivity contribution in [3.8, 4) is 16.9 Å². The summed E-state index contributed by atoms with van der Waals surface area (Å²) in [5.41, 5.74) is 3.64. The van der Waals surface area contributed by atoms with E-state index in [1.165, 1.54) is 0 Å². The van der Waals surface area contributed by atoms with Crippen molar-refractivity contribution in [1.29, 1.82) is 0 Å². The van der Waals surface area contributed by atoms with E-state index in [1.54, 1.807) is 11.9 Å². The Morgan fingerprint density at radius 1 is 1.03 bits per heavy atom. The quantitative estimate of drug-likeness (QED) is 0.470. The lowest BCUT2D eigenvalue weighted by Gasteiger charge is -2.21. The molecule has 0 aliphatic carbocycles. The number of rotatable bonds is 5. The summed E-state index contributed by atoms with van der Waals surface area (Å²) >= 11 is 12.8. The Hall–Kier alpha value is -2.69. The first-order chi connectivity index (χ1) is 14.5. The van der Waals surface area contributed by atoms with Gasteiger partial charge in [0.25, 0.3) is 0 Å². The SMILES string of the molecule is CN(CC1Cc2cccc(-c3c(Cl)cccc3Cl)c2O1)C(=O)OCc1ccccc1. The standard InChI is InChI=1S/C24H21Cl2NO3/c1-27(24(28)29-15-16-7-3-2-4-8-16)14-18-13-17-9-5-10-19(23(17)30-18)22-20(25)11-6-12-21(22)26/h2-12,18H,13-15H2,1H3. The zero-order chi connectivity index (χ0) is 21.1. The Bertz CT molecular complexity index is 1040. The first-order valence-corrected chi connectivity index (χ1v) is 10.4. The molecule has 0 radical (unpaired) electrons. The summed E-state index contributed by atoms with van der Waals surface area (Å²) in [5, 5.41) is 1.15. The number of hydrogen-bond donors (Lipinski definition) is 0. The van der Waals surface area contributed by atoms with Crippen LogP contribution in [0.4, 0.5) is 4.79 Å². The third kappa shape index (κ3) is 4.40. The minimum Gasteiger partial charge on any atom is -0.487 e. The summed E-state index contributed by atoms with van der Waals surface area (Å²) < 4.78 is 11.6. The summed E-state index contributed by atoms with van der Waals surface area (Å²) in [5.74, 6) is 0.767. The predicted molar refractivity (Wildman–Crippen MR) is 119 cm³/mol. The second-order valence-electron chi connectivity index (χ2n) is 7.26. The van der Waals surface area contributed by atoms with E-state index in [9.17, 15) is 4.79 Å². The Morgan fingerprint density at radius 3 is 2.47 bits per heavy atom. The highest BCUT2D eigenvalue weighted by Gasteiger charge is 2.29. The van der Waals surface area contributed by atoms with Gasteiger partial charge in [-0.3, -0.25) is 0 Å². The lowest BCUT2D eigenvalue weighted by molar-refractivity contribution is 0.0895. The van der Waals surface area contributed by atoms with Gasteiger partial charge in [-0.15, -0.1) is 0 Å². The minimum absolute atomic E-state index is 0.170. The highest BCUT2D eigenvalue weighted by Crippen LogP contribution is 2.44. The molecular weight excluding hydrogens is 421 g/mol. The van der Waals surface area contributed by atoms with E-state index in [0.29, 0.717) is 23.0 Å². The summed E-state index contributed by atoms with van der Waals surface area (Å²) in [7, 11) is 1.71. The van der Waals surface area contributed by atoms with Crippen molar-refractivity contribution in [2.45, 2.75) is 19.1 Å². The summed E-state index contributed by atoms with van der Waals surface area (Å²) in [6, 6.07) is 21.0. The van der Waals surface area contributed by atoms with Gasteiger partial charge >= 0.3 is 6.09 Å². The molecule has 0 fully saturated rings. The van der Waals surface area contributed by atoms with E-state index >= 15 is 0 Å². The van der Waals surface area contributed by atoms with E-state index < -0.39 is 0 Å². The van der Waals surface area contributed by atoms with E-state index in [4.69, 9.17) is 32.7 Å². The van der Waals surface area contributed by atoms with Gasteiger partial charge in [-0.1, -0.05) is 77.8 Å². The molecule has 1 aliphatic heterocycles. The lowest BCUT2D eigenvalue weighted by atomic mass is 10.0. The third-order valence-electron chi connectivity index (χ3n) is 5.06. The van der Waals surface area contributed by atoms with Crippen molar-refractivity contribution < 1.29 is 14.3 Å². The van der Waals surface area contributed by atoms with Gasteiger partial charge in [-0.2, -0.15) is 0 Å². The molecule has 0 aromatic heterocycles. The number of likely N-dealkylation sites (N-methyl/N-ethyl adjacent to an activating group) is 1. The summed E-state index contributed by atoms with van der Waals surface area (Å²) in [4.78, 5) is 13.9. The van der Waals surface area contributed by atoms with Gasteiger partial charge in [0, 0.05) is 24.6 Å². The van der Waals surface area contributed by atoms with Gasteiger partial charge in [0.2, 0.25) is 0 Å². The van der Waals surface area contributed by atoms with Crippen molar-refractivity contribution in [2.24, 2.45) is 0 Å². The maximum absolute atomic E-state index is 12.4. The largest absolute Gasteiger partial charge is 0.487 e. The van der Waals surface area contributed by atoms with Crippen molar-refractivity contribution in [2.75, 3.05) is 13.6 Å². The van der Waals surface area contributed by atoms with E-state index in [2.05, 4.69) is 0 Å². The maximum atomic E-state index is 12.4. The average Bonchev–Trinajstić information content (AvgIpc) is 3.15. The monoisotopic (exact) mass is 441 g/mol. The van der Waals surface area contributed by atoms with Crippen LogP contribution in [0.2, 0.25) is 10.0 Å². The summed E-state index contributed by atoms with van der Waals surface area (Å²) in [6.07, 6.45) is 0.145. The molecule has 4 rings (SSSR count). The molecule has 30 heavy (non-hydrogen) atoms. The molecule has 0 saturated carbocycles. The molecule has 1 amide bonds. The minimum atomic E-state index is -0.382. The molecule has 3 aromatic carbocycles. The number of nitrogens with zero attached hydrogens (tertiary/aromatic N) is 1. The van der Waals surface area contributed by atoms with Crippen molar-refractivity contribution >= 4 is 29.3 Å². The van der Waals surface area contributed by atoms with Crippen LogP contribution in [0.3, 0.4) is 0 Å². The molecule has 3 aromatic rings. The van der Waals surface area contributed by atoms with Gasteiger partial charge in [-0.25, -0.2) is 4.79 Å². The van der Waals surface area contributed by atoms with Crippen LogP contribution in [-0.2, 0) is 17.8 Å². The number of para-hydroxylation sites is 1. The van der Waals surface area contributed by atoms with Crippen molar-refractivity contribution in [3.63, 3.8) is 0 Å². The maximum Gasteiger partial charge on any atom is 0.409 e. The van der Waals surface area contributed by atoms with Crippen LogP contribution in [0.5, 0.6) is 5.75 Å². The number of carbonyl (C=O) groups excluding carboxylic acids is 1. The highest BCUT2D eigenvalue weighted by atomic mass is 35.5. The number of ether oxygens (including phenoxy) is 2. The fourth-order valence-corrected chi connectivity index (χ4v) is 4.20. The Kier molecular flexibility index (Phi) is 6.16. The molecule has 1 atom stereocenters. The van der Waals surface area contributed by atoms with Crippen molar-refractivity contribution in [1.82, 2.24) is 4.90 Å². The molecule has 1 heterocycles. The molecule has 1 unspecified atom stereocenters. The van der Waals surface area contributed by atoms with Crippen LogP contribution >= 0.6 is 23.2 Å².